The predicted molar refractivity (Wildman–Crippen MR) is 70.8 cm³/mol. The third kappa shape index (κ3) is 2.69. The van der Waals surface area contributed by atoms with Crippen LogP contribution in [-0.4, -0.2) is 9.97 Å². The second-order valence-corrected chi connectivity index (χ2v) is 4.27. The quantitative estimate of drug-likeness (QED) is 0.659. The van der Waals surface area contributed by atoms with Crippen LogP contribution in [0.15, 0.2) is 24.4 Å². The summed E-state index contributed by atoms with van der Waals surface area (Å²) in [5, 5.41) is 0.670. The maximum atomic E-state index is 5.89. The van der Waals surface area contributed by atoms with Crippen LogP contribution in [0.5, 0.6) is 11.6 Å². The summed E-state index contributed by atoms with van der Waals surface area (Å²) < 4.78 is 5.73. The van der Waals surface area contributed by atoms with Crippen molar-refractivity contribution in [3.63, 3.8) is 0 Å². The normalized spacial score (nSPS) is 10.2. The number of nitrogens with one attached hydrogen (secondary N) is 1. The number of benzene rings is 1. The number of nitrogen functional groups attached to an aromatic ring is 1. The number of nitrogens with zero attached hydrogens (tertiary/aromatic N) is 2. The van der Waals surface area contributed by atoms with Gasteiger partial charge in [0.2, 0.25) is 11.8 Å². The third-order valence-electron chi connectivity index (χ3n) is 2.40. The molecule has 0 aliphatic rings. The maximum Gasteiger partial charge on any atom is 0.240 e. The molecule has 0 saturated heterocycles. The number of rotatable bonds is 3. The number of halogens is 1. The van der Waals surface area contributed by atoms with Crippen molar-refractivity contribution in [2.75, 3.05) is 5.43 Å². The Morgan fingerprint density at radius 1 is 1.28 bits per heavy atom. The van der Waals surface area contributed by atoms with E-state index in [1.54, 1.807) is 18.3 Å². The average Bonchev–Trinajstić information content (AvgIpc) is 2.35. The highest BCUT2D eigenvalue weighted by molar-refractivity contribution is 6.30. The number of hydrogen-bond donors (Lipinski definition) is 2. The van der Waals surface area contributed by atoms with Gasteiger partial charge in [-0.15, -0.1) is 0 Å². The van der Waals surface area contributed by atoms with Crippen molar-refractivity contribution in [1.82, 2.24) is 9.97 Å². The molecule has 0 aliphatic heterocycles. The SMILES string of the molecule is Cc1cc(Cl)ccc1Oc1nc(NN)ncc1C. The van der Waals surface area contributed by atoms with E-state index in [2.05, 4.69) is 15.4 Å². The molecule has 0 saturated carbocycles. The lowest BCUT2D eigenvalue weighted by atomic mass is 10.2. The Kier molecular flexibility index (Phi) is 3.64. The van der Waals surface area contributed by atoms with Gasteiger partial charge in [-0.25, -0.2) is 10.8 Å². The highest BCUT2D eigenvalue weighted by Crippen LogP contribution is 2.28. The van der Waals surface area contributed by atoms with Gasteiger partial charge in [0, 0.05) is 16.8 Å². The number of aryl methyl sites for hydroxylation is 2. The smallest absolute Gasteiger partial charge is 0.240 e. The molecule has 6 heteroatoms. The summed E-state index contributed by atoms with van der Waals surface area (Å²) in [6, 6.07) is 5.40. The van der Waals surface area contributed by atoms with Crippen molar-refractivity contribution in [3.8, 4) is 11.6 Å². The minimum absolute atomic E-state index is 0.308. The summed E-state index contributed by atoms with van der Waals surface area (Å²) in [5.41, 5.74) is 4.14. The summed E-state index contributed by atoms with van der Waals surface area (Å²) in [6.45, 7) is 3.78. The van der Waals surface area contributed by atoms with E-state index in [1.807, 2.05) is 19.9 Å². The van der Waals surface area contributed by atoms with Gasteiger partial charge in [-0.05, 0) is 37.6 Å². The molecule has 5 nitrogen and oxygen atoms in total. The van der Waals surface area contributed by atoms with E-state index >= 15 is 0 Å². The Balaban J connectivity index is 2.33. The van der Waals surface area contributed by atoms with Crippen LogP contribution in [0.25, 0.3) is 0 Å². The van der Waals surface area contributed by atoms with Gasteiger partial charge in [0.15, 0.2) is 0 Å². The summed E-state index contributed by atoms with van der Waals surface area (Å²) in [5.74, 6) is 6.73. The predicted octanol–water partition coefficient (Wildman–Crippen LogP) is 2.82. The van der Waals surface area contributed by atoms with Crippen LogP contribution in [0.2, 0.25) is 5.02 Å². The molecular formula is C12H13ClN4O. The molecule has 0 aliphatic carbocycles. The molecule has 18 heavy (non-hydrogen) atoms. The Labute approximate surface area is 110 Å². The topological polar surface area (TPSA) is 73.1 Å². The lowest BCUT2D eigenvalue weighted by Crippen LogP contribution is -2.11. The first-order valence-corrected chi connectivity index (χ1v) is 5.72. The minimum Gasteiger partial charge on any atom is -0.438 e. The molecule has 1 aromatic heterocycles. The molecule has 2 rings (SSSR count). The van der Waals surface area contributed by atoms with Gasteiger partial charge in [0.1, 0.15) is 5.75 Å². The average molecular weight is 265 g/mol. The first-order chi connectivity index (χ1) is 8.60. The zero-order valence-corrected chi connectivity index (χ0v) is 10.8. The molecule has 2 aromatic rings. The molecule has 0 radical (unpaired) electrons. The van der Waals surface area contributed by atoms with Crippen LogP contribution in [0.4, 0.5) is 5.95 Å². The molecule has 1 aromatic carbocycles. The van der Waals surface area contributed by atoms with Gasteiger partial charge in [0.05, 0.1) is 0 Å². The molecule has 0 amide bonds. The Morgan fingerprint density at radius 2 is 2.06 bits per heavy atom. The summed E-state index contributed by atoms with van der Waals surface area (Å²) in [6.07, 6.45) is 1.64. The van der Waals surface area contributed by atoms with Gasteiger partial charge in [-0.1, -0.05) is 11.6 Å². The van der Waals surface area contributed by atoms with Crippen LogP contribution in [-0.2, 0) is 0 Å². The van der Waals surface area contributed by atoms with Crippen molar-refractivity contribution < 1.29 is 4.74 Å². The van der Waals surface area contributed by atoms with Crippen molar-refractivity contribution >= 4 is 17.5 Å². The molecule has 0 bridgehead atoms. The van der Waals surface area contributed by atoms with Gasteiger partial charge in [0.25, 0.3) is 0 Å². The van der Waals surface area contributed by atoms with E-state index in [9.17, 15) is 0 Å². The third-order valence-corrected chi connectivity index (χ3v) is 2.63. The van der Waals surface area contributed by atoms with Gasteiger partial charge in [-0.3, -0.25) is 5.43 Å². The maximum absolute atomic E-state index is 5.89. The van der Waals surface area contributed by atoms with Crippen LogP contribution in [0.3, 0.4) is 0 Å². The van der Waals surface area contributed by atoms with Gasteiger partial charge in [-0.2, -0.15) is 4.98 Å². The molecule has 3 N–H and O–H groups in total. The van der Waals surface area contributed by atoms with Crippen LogP contribution >= 0.6 is 11.6 Å². The van der Waals surface area contributed by atoms with Crippen molar-refractivity contribution in [2.45, 2.75) is 13.8 Å². The molecular weight excluding hydrogens is 252 g/mol. The van der Waals surface area contributed by atoms with Gasteiger partial charge >= 0.3 is 0 Å². The molecule has 94 valence electrons. The number of ether oxygens (including phenoxy) is 1. The molecule has 0 unspecified atom stereocenters. The minimum atomic E-state index is 0.308. The largest absolute Gasteiger partial charge is 0.438 e. The van der Waals surface area contributed by atoms with E-state index in [0.29, 0.717) is 22.6 Å². The first-order valence-electron chi connectivity index (χ1n) is 5.34. The second kappa shape index (κ2) is 5.20. The highest BCUT2D eigenvalue weighted by atomic mass is 35.5. The summed E-state index contributed by atoms with van der Waals surface area (Å²) in [4.78, 5) is 8.13. The van der Waals surface area contributed by atoms with Crippen LogP contribution in [0.1, 0.15) is 11.1 Å². The molecule has 0 fully saturated rings. The van der Waals surface area contributed by atoms with Crippen molar-refractivity contribution in [2.24, 2.45) is 5.84 Å². The number of nitrogens with two attached hydrogens (primary N) is 1. The lowest BCUT2D eigenvalue weighted by Gasteiger charge is -2.10. The van der Waals surface area contributed by atoms with Crippen LogP contribution < -0.4 is 16.0 Å². The van der Waals surface area contributed by atoms with Gasteiger partial charge < -0.3 is 4.74 Å². The standard InChI is InChI=1S/C12H13ClN4O/c1-7-5-9(13)3-4-10(7)18-11-8(2)6-15-12(16-11)17-14/h3-6H,14H2,1-2H3,(H,15,16,17). The zero-order chi connectivity index (χ0) is 13.1. The Morgan fingerprint density at radius 3 is 2.72 bits per heavy atom. The molecule has 0 spiro atoms. The first kappa shape index (κ1) is 12.6. The van der Waals surface area contributed by atoms with E-state index in [-0.39, 0.29) is 0 Å². The second-order valence-electron chi connectivity index (χ2n) is 3.84. The number of anilines is 1. The fourth-order valence-electron chi connectivity index (χ4n) is 1.43. The highest BCUT2D eigenvalue weighted by Gasteiger charge is 2.08. The Hall–Kier alpha value is -1.85. The number of hydrazine groups is 1. The summed E-state index contributed by atoms with van der Waals surface area (Å²) in [7, 11) is 0. The van der Waals surface area contributed by atoms with Crippen molar-refractivity contribution in [1.29, 1.82) is 0 Å². The zero-order valence-electron chi connectivity index (χ0n) is 10.1. The fourth-order valence-corrected chi connectivity index (χ4v) is 1.66. The number of hydrogen-bond acceptors (Lipinski definition) is 5. The Bertz CT molecular complexity index is 574. The summed E-state index contributed by atoms with van der Waals surface area (Å²) >= 11 is 5.89. The molecule has 1 heterocycles. The lowest BCUT2D eigenvalue weighted by molar-refractivity contribution is 0.455. The van der Waals surface area contributed by atoms with Crippen molar-refractivity contribution in [3.05, 3.63) is 40.5 Å². The van der Waals surface area contributed by atoms with E-state index in [1.165, 1.54) is 0 Å². The molecule has 0 atom stereocenters. The van der Waals surface area contributed by atoms with E-state index < -0.39 is 0 Å². The van der Waals surface area contributed by atoms with Crippen LogP contribution in [0, 0.1) is 13.8 Å². The monoisotopic (exact) mass is 264 g/mol. The van der Waals surface area contributed by atoms with E-state index in [4.69, 9.17) is 22.2 Å². The number of aromatic nitrogens is 2. The fraction of sp³-hybridized carbons (Fsp3) is 0.167. The van der Waals surface area contributed by atoms with E-state index in [0.717, 1.165) is 11.1 Å².